The van der Waals surface area contributed by atoms with Crippen LogP contribution in [0.15, 0.2) is 36.4 Å². The van der Waals surface area contributed by atoms with E-state index in [0.717, 1.165) is 41.4 Å². The second kappa shape index (κ2) is 7.11. The Balaban J connectivity index is 1.66. The number of nitrogens with zero attached hydrogens (tertiary/aromatic N) is 1. The van der Waals surface area contributed by atoms with Gasteiger partial charge in [-0.2, -0.15) is 0 Å². The summed E-state index contributed by atoms with van der Waals surface area (Å²) in [4.78, 5) is 14.5. The first-order valence-electron chi connectivity index (χ1n) is 8.58. The van der Waals surface area contributed by atoms with Crippen molar-refractivity contribution < 1.29 is 19.0 Å². The molecule has 4 rings (SSSR count). The SMILES string of the molecule is COc1cccc(OC)c1C1SCC(=O)N1Cc1ccc2c(c1)CCO2. The molecule has 26 heavy (non-hydrogen) atoms. The number of rotatable bonds is 5. The van der Waals surface area contributed by atoms with E-state index in [0.29, 0.717) is 12.3 Å². The third-order valence-corrected chi connectivity index (χ3v) is 6.01. The number of fused-ring (bicyclic) bond motifs is 1. The molecule has 0 spiro atoms. The van der Waals surface area contributed by atoms with Gasteiger partial charge in [0.15, 0.2) is 0 Å². The summed E-state index contributed by atoms with van der Waals surface area (Å²) in [5, 5.41) is -0.127. The zero-order valence-corrected chi connectivity index (χ0v) is 15.7. The van der Waals surface area contributed by atoms with Crippen molar-refractivity contribution in [3.8, 4) is 17.2 Å². The third kappa shape index (κ3) is 2.98. The number of methoxy groups -OCH3 is 2. The van der Waals surface area contributed by atoms with E-state index in [1.54, 1.807) is 26.0 Å². The van der Waals surface area contributed by atoms with Crippen molar-refractivity contribution in [1.82, 2.24) is 4.90 Å². The summed E-state index contributed by atoms with van der Waals surface area (Å²) >= 11 is 1.61. The maximum atomic E-state index is 12.6. The van der Waals surface area contributed by atoms with Gasteiger partial charge < -0.3 is 19.1 Å². The fourth-order valence-corrected chi connectivity index (χ4v) is 4.76. The first-order chi connectivity index (χ1) is 12.7. The maximum Gasteiger partial charge on any atom is 0.234 e. The Labute approximate surface area is 157 Å². The predicted molar refractivity (Wildman–Crippen MR) is 101 cm³/mol. The smallest absolute Gasteiger partial charge is 0.234 e. The fraction of sp³-hybridized carbons (Fsp3) is 0.350. The largest absolute Gasteiger partial charge is 0.496 e. The molecule has 2 aliphatic heterocycles. The van der Waals surface area contributed by atoms with Crippen molar-refractivity contribution in [1.29, 1.82) is 0 Å². The highest BCUT2D eigenvalue weighted by Gasteiger charge is 2.36. The number of hydrogen-bond donors (Lipinski definition) is 0. The zero-order chi connectivity index (χ0) is 18.1. The molecule has 2 aromatic rings. The van der Waals surface area contributed by atoms with Gasteiger partial charge in [0, 0.05) is 13.0 Å². The van der Waals surface area contributed by atoms with Crippen LogP contribution in [-0.2, 0) is 17.8 Å². The van der Waals surface area contributed by atoms with Crippen LogP contribution in [0, 0.1) is 0 Å². The van der Waals surface area contributed by atoms with E-state index in [1.165, 1.54) is 5.56 Å². The highest BCUT2D eigenvalue weighted by atomic mass is 32.2. The van der Waals surface area contributed by atoms with Crippen LogP contribution in [0.1, 0.15) is 22.1 Å². The Hall–Kier alpha value is -2.34. The standard InChI is InChI=1S/C20H21NO4S/c1-23-16-4-3-5-17(24-2)19(16)20-21(18(22)12-26-20)11-13-6-7-15-14(10-13)8-9-25-15/h3-7,10,20H,8-9,11-12H2,1-2H3. The van der Waals surface area contributed by atoms with Crippen LogP contribution in [0.25, 0.3) is 0 Å². The van der Waals surface area contributed by atoms with E-state index in [2.05, 4.69) is 6.07 Å². The van der Waals surface area contributed by atoms with Crippen LogP contribution in [0.4, 0.5) is 0 Å². The summed E-state index contributed by atoms with van der Waals surface area (Å²) < 4.78 is 16.7. The topological polar surface area (TPSA) is 48.0 Å². The molecular weight excluding hydrogens is 350 g/mol. The summed E-state index contributed by atoms with van der Waals surface area (Å²) in [7, 11) is 3.29. The van der Waals surface area contributed by atoms with Crippen LogP contribution in [-0.4, -0.2) is 37.4 Å². The minimum Gasteiger partial charge on any atom is -0.496 e. The van der Waals surface area contributed by atoms with E-state index in [9.17, 15) is 4.79 Å². The molecule has 0 bridgehead atoms. The second-order valence-corrected chi connectivity index (χ2v) is 7.37. The quantitative estimate of drug-likeness (QED) is 0.806. The summed E-state index contributed by atoms with van der Waals surface area (Å²) in [5.74, 6) is 3.02. The average Bonchev–Trinajstić information content (AvgIpc) is 3.27. The minimum absolute atomic E-state index is 0.127. The van der Waals surface area contributed by atoms with Gasteiger partial charge in [-0.25, -0.2) is 0 Å². The van der Waals surface area contributed by atoms with E-state index in [-0.39, 0.29) is 11.3 Å². The molecule has 0 N–H and O–H groups in total. The second-order valence-electron chi connectivity index (χ2n) is 6.30. The Morgan fingerprint density at radius 3 is 2.69 bits per heavy atom. The zero-order valence-electron chi connectivity index (χ0n) is 14.9. The molecule has 2 heterocycles. The van der Waals surface area contributed by atoms with Gasteiger partial charge in [0.25, 0.3) is 0 Å². The van der Waals surface area contributed by atoms with Crippen LogP contribution in [0.2, 0.25) is 0 Å². The Bertz CT molecular complexity index is 816. The molecule has 5 nitrogen and oxygen atoms in total. The fourth-order valence-electron chi connectivity index (χ4n) is 3.52. The molecule has 1 fully saturated rings. The van der Waals surface area contributed by atoms with Crippen molar-refractivity contribution in [3.63, 3.8) is 0 Å². The van der Waals surface area contributed by atoms with Crippen molar-refractivity contribution in [2.45, 2.75) is 18.3 Å². The molecule has 0 aliphatic carbocycles. The summed E-state index contributed by atoms with van der Waals surface area (Å²) in [6.45, 7) is 1.29. The van der Waals surface area contributed by atoms with Gasteiger partial charge in [0.2, 0.25) is 5.91 Å². The molecule has 6 heteroatoms. The number of carbonyl (C=O) groups excluding carboxylic acids is 1. The van der Waals surface area contributed by atoms with E-state index < -0.39 is 0 Å². The van der Waals surface area contributed by atoms with Crippen LogP contribution < -0.4 is 14.2 Å². The molecule has 1 unspecified atom stereocenters. The normalized spacial score (nSPS) is 18.6. The monoisotopic (exact) mass is 371 g/mol. The lowest BCUT2D eigenvalue weighted by molar-refractivity contribution is -0.128. The Morgan fingerprint density at radius 2 is 1.96 bits per heavy atom. The van der Waals surface area contributed by atoms with Gasteiger partial charge in [-0.1, -0.05) is 18.2 Å². The van der Waals surface area contributed by atoms with Crippen molar-refractivity contribution in [2.75, 3.05) is 26.6 Å². The molecule has 2 aliphatic rings. The maximum absolute atomic E-state index is 12.6. The molecule has 1 saturated heterocycles. The first kappa shape index (κ1) is 17.1. The van der Waals surface area contributed by atoms with E-state index in [1.807, 2.05) is 35.2 Å². The number of hydrogen-bond acceptors (Lipinski definition) is 5. The summed E-state index contributed by atoms with van der Waals surface area (Å²) in [6, 6.07) is 11.9. The van der Waals surface area contributed by atoms with Crippen LogP contribution in [0.5, 0.6) is 17.2 Å². The van der Waals surface area contributed by atoms with Gasteiger partial charge in [-0.05, 0) is 29.3 Å². The van der Waals surface area contributed by atoms with Gasteiger partial charge in [0.1, 0.15) is 22.6 Å². The van der Waals surface area contributed by atoms with Crippen molar-refractivity contribution in [3.05, 3.63) is 53.1 Å². The summed E-state index contributed by atoms with van der Waals surface area (Å²) in [6.07, 6.45) is 0.926. The van der Waals surface area contributed by atoms with Gasteiger partial charge in [-0.15, -0.1) is 11.8 Å². The molecule has 0 aromatic heterocycles. The number of amides is 1. The summed E-state index contributed by atoms with van der Waals surface area (Å²) in [5.41, 5.74) is 3.25. The molecule has 1 amide bonds. The van der Waals surface area contributed by atoms with Crippen molar-refractivity contribution >= 4 is 17.7 Å². The number of benzene rings is 2. The number of ether oxygens (including phenoxy) is 3. The van der Waals surface area contributed by atoms with E-state index in [4.69, 9.17) is 14.2 Å². The van der Waals surface area contributed by atoms with Crippen molar-refractivity contribution in [2.24, 2.45) is 0 Å². The van der Waals surface area contributed by atoms with E-state index >= 15 is 0 Å². The molecule has 136 valence electrons. The lowest BCUT2D eigenvalue weighted by atomic mass is 10.1. The number of carbonyl (C=O) groups is 1. The van der Waals surface area contributed by atoms with Crippen LogP contribution >= 0.6 is 11.8 Å². The van der Waals surface area contributed by atoms with Gasteiger partial charge in [-0.3, -0.25) is 4.79 Å². The van der Waals surface area contributed by atoms with Crippen LogP contribution in [0.3, 0.4) is 0 Å². The molecule has 0 radical (unpaired) electrons. The van der Waals surface area contributed by atoms with Gasteiger partial charge >= 0.3 is 0 Å². The highest BCUT2D eigenvalue weighted by Crippen LogP contribution is 2.47. The molecule has 0 saturated carbocycles. The Kier molecular flexibility index (Phi) is 4.68. The molecule has 1 atom stereocenters. The molecule has 2 aromatic carbocycles. The number of thioether (sulfide) groups is 1. The highest BCUT2D eigenvalue weighted by molar-refractivity contribution is 8.00. The molecular formula is C20H21NO4S. The average molecular weight is 371 g/mol. The Morgan fingerprint density at radius 1 is 1.19 bits per heavy atom. The van der Waals surface area contributed by atoms with Gasteiger partial charge in [0.05, 0.1) is 32.1 Å². The third-order valence-electron chi connectivity index (χ3n) is 4.79. The first-order valence-corrected chi connectivity index (χ1v) is 9.62. The minimum atomic E-state index is -0.127. The predicted octanol–water partition coefficient (Wildman–Crippen LogP) is 3.41. The lowest BCUT2D eigenvalue weighted by Gasteiger charge is -2.27. The lowest BCUT2D eigenvalue weighted by Crippen LogP contribution is -2.28.